The molecule has 1 amide bonds. The van der Waals surface area contributed by atoms with Crippen molar-refractivity contribution in [3.63, 3.8) is 0 Å². The van der Waals surface area contributed by atoms with E-state index in [0.717, 1.165) is 6.42 Å². The van der Waals surface area contributed by atoms with Crippen LogP contribution >= 0.6 is 0 Å². The molecular weight excluding hydrogens is 302 g/mol. The van der Waals surface area contributed by atoms with Crippen LogP contribution in [-0.2, 0) is 9.59 Å². The smallest absolute Gasteiger partial charge is 0.305 e. The summed E-state index contributed by atoms with van der Waals surface area (Å²) in [6, 6.07) is 14.5. The molecule has 2 atom stereocenters. The van der Waals surface area contributed by atoms with Crippen molar-refractivity contribution in [2.24, 2.45) is 5.92 Å². The van der Waals surface area contributed by atoms with Crippen molar-refractivity contribution in [2.45, 2.75) is 38.6 Å². The van der Waals surface area contributed by atoms with Crippen LogP contribution in [0.1, 0.15) is 38.2 Å². The number of amides is 1. The minimum absolute atomic E-state index is 0.00439. The van der Waals surface area contributed by atoms with Gasteiger partial charge in [0.05, 0.1) is 6.42 Å². The maximum absolute atomic E-state index is 12.8. The van der Waals surface area contributed by atoms with Crippen LogP contribution in [0.25, 0.3) is 10.8 Å². The summed E-state index contributed by atoms with van der Waals surface area (Å²) >= 11 is 0. The molecule has 2 aromatic rings. The minimum Gasteiger partial charge on any atom is -0.481 e. The molecular formula is C20H23NO3. The first kappa shape index (κ1) is 16.5. The van der Waals surface area contributed by atoms with Crippen LogP contribution in [-0.4, -0.2) is 34.5 Å². The average Bonchev–Trinajstić information content (AvgIpc) is 3.34. The van der Waals surface area contributed by atoms with Crippen LogP contribution in [0.5, 0.6) is 0 Å². The fourth-order valence-corrected chi connectivity index (χ4v) is 3.44. The average molecular weight is 325 g/mol. The molecule has 2 unspecified atom stereocenters. The number of aliphatic carboxylic acids is 1. The van der Waals surface area contributed by atoms with E-state index in [4.69, 9.17) is 5.11 Å². The molecule has 3 rings (SSSR count). The molecule has 0 aromatic heterocycles. The third-order valence-electron chi connectivity index (χ3n) is 4.80. The van der Waals surface area contributed by atoms with E-state index in [1.165, 1.54) is 16.3 Å². The molecule has 0 aliphatic heterocycles. The first-order valence-corrected chi connectivity index (χ1v) is 8.49. The van der Waals surface area contributed by atoms with E-state index < -0.39 is 5.97 Å². The summed E-state index contributed by atoms with van der Waals surface area (Å²) in [5.41, 5.74) is 1.23. The Labute approximate surface area is 142 Å². The molecule has 2 aromatic carbocycles. The highest BCUT2D eigenvalue weighted by molar-refractivity contribution is 5.89. The molecule has 0 saturated heterocycles. The van der Waals surface area contributed by atoms with E-state index in [9.17, 15) is 9.59 Å². The largest absolute Gasteiger partial charge is 0.481 e. The lowest BCUT2D eigenvalue weighted by Gasteiger charge is -2.26. The Kier molecular flexibility index (Phi) is 4.56. The Balaban J connectivity index is 1.77. The van der Waals surface area contributed by atoms with Gasteiger partial charge in [-0.15, -0.1) is 0 Å². The molecule has 1 aliphatic rings. The second-order valence-corrected chi connectivity index (χ2v) is 6.79. The summed E-state index contributed by atoms with van der Waals surface area (Å²) in [5.74, 6) is -0.555. The van der Waals surface area contributed by atoms with Gasteiger partial charge in [-0.25, -0.2) is 0 Å². The molecule has 1 saturated carbocycles. The van der Waals surface area contributed by atoms with Crippen molar-refractivity contribution < 1.29 is 14.7 Å². The standard InChI is InChI=1S/C20H23NO3/c1-13(2)21(11-10-19(22)23)20(24)18-12-17(18)16-9-5-7-14-6-3-4-8-15(14)16/h3-9,13,17-18H,10-12H2,1-2H3,(H,22,23). The van der Waals surface area contributed by atoms with Gasteiger partial charge >= 0.3 is 5.97 Å². The molecule has 1 fully saturated rings. The van der Waals surface area contributed by atoms with Crippen LogP contribution in [0.15, 0.2) is 42.5 Å². The molecule has 0 heterocycles. The summed E-state index contributed by atoms with van der Waals surface area (Å²) in [6.07, 6.45) is 0.846. The monoisotopic (exact) mass is 325 g/mol. The highest BCUT2D eigenvalue weighted by Gasteiger charge is 2.46. The second kappa shape index (κ2) is 6.63. The SMILES string of the molecule is CC(C)N(CCC(=O)O)C(=O)C1CC1c1cccc2ccccc12. The second-order valence-electron chi connectivity index (χ2n) is 6.79. The van der Waals surface area contributed by atoms with Crippen LogP contribution in [0.2, 0.25) is 0 Å². The first-order chi connectivity index (χ1) is 11.5. The van der Waals surface area contributed by atoms with Gasteiger partial charge in [0.25, 0.3) is 0 Å². The summed E-state index contributed by atoms with van der Waals surface area (Å²) < 4.78 is 0. The van der Waals surface area contributed by atoms with Gasteiger partial charge in [-0.3, -0.25) is 9.59 Å². The molecule has 126 valence electrons. The Morgan fingerprint density at radius 2 is 1.88 bits per heavy atom. The van der Waals surface area contributed by atoms with Crippen LogP contribution in [0.4, 0.5) is 0 Å². The lowest BCUT2D eigenvalue weighted by atomic mass is 10.00. The lowest BCUT2D eigenvalue weighted by Crippen LogP contribution is -2.39. The van der Waals surface area contributed by atoms with Crippen LogP contribution in [0, 0.1) is 5.92 Å². The van der Waals surface area contributed by atoms with Gasteiger partial charge in [-0.2, -0.15) is 0 Å². The summed E-state index contributed by atoms with van der Waals surface area (Å²) in [5, 5.41) is 11.3. The predicted molar refractivity (Wildman–Crippen MR) is 93.9 cm³/mol. The number of hydrogen-bond acceptors (Lipinski definition) is 2. The first-order valence-electron chi connectivity index (χ1n) is 8.49. The number of carboxylic acids is 1. The fraction of sp³-hybridized carbons (Fsp3) is 0.400. The number of carbonyl (C=O) groups excluding carboxylic acids is 1. The maximum atomic E-state index is 12.8. The number of benzene rings is 2. The van der Waals surface area contributed by atoms with Gasteiger partial charge < -0.3 is 10.0 Å². The van der Waals surface area contributed by atoms with Crippen molar-refractivity contribution in [1.29, 1.82) is 0 Å². The molecule has 1 N–H and O–H groups in total. The van der Waals surface area contributed by atoms with Gasteiger partial charge in [0.1, 0.15) is 0 Å². The Bertz CT molecular complexity index is 763. The van der Waals surface area contributed by atoms with Gasteiger partial charge in [-0.1, -0.05) is 42.5 Å². The van der Waals surface area contributed by atoms with E-state index in [2.05, 4.69) is 24.3 Å². The fourth-order valence-electron chi connectivity index (χ4n) is 3.44. The zero-order valence-corrected chi connectivity index (χ0v) is 14.1. The van der Waals surface area contributed by atoms with Gasteiger partial charge in [0.15, 0.2) is 0 Å². The van der Waals surface area contributed by atoms with Crippen LogP contribution in [0.3, 0.4) is 0 Å². The summed E-state index contributed by atoms with van der Waals surface area (Å²) in [4.78, 5) is 25.4. The zero-order chi connectivity index (χ0) is 17.3. The van der Waals surface area contributed by atoms with Gasteiger partial charge in [-0.05, 0) is 42.5 Å². The molecule has 0 spiro atoms. The highest BCUT2D eigenvalue weighted by atomic mass is 16.4. The van der Waals surface area contributed by atoms with E-state index in [1.54, 1.807) is 4.90 Å². The number of hydrogen-bond donors (Lipinski definition) is 1. The normalized spacial score (nSPS) is 19.5. The third kappa shape index (κ3) is 3.28. The Morgan fingerprint density at radius 1 is 1.17 bits per heavy atom. The van der Waals surface area contributed by atoms with Crippen molar-refractivity contribution in [3.8, 4) is 0 Å². The maximum Gasteiger partial charge on any atom is 0.305 e. The summed E-state index contributed by atoms with van der Waals surface area (Å²) in [6.45, 7) is 4.16. The Morgan fingerprint density at radius 3 is 2.58 bits per heavy atom. The lowest BCUT2D eigenvalue weighted by molar-refractivity contribution is -0.139. The van der Waals surface area contributed by atoms with Crippen molar-refractivity contribution in [2.75, 3.05) is 6.54 Å². The number of rotatable bonds is 6. The van der Waals surface area contributed by atoms with E-state index in [1.807, 2.05) is 32.0 Å². The topological polar surface area (TPSA) is 57.6 Å². The Hall–Kier alpha value is -2.36. The van der Waals surface area contributed by atoms with E-state index >= 15 is 0 Å². The number of carboxylic acid groups (broad SMARTS) is 1. The number of nitrogens with zero attached hydrogens (tertiary/aromatic N) is 1. The quantitative estimate of drug-likeness (QED) is 0.882. The van der Waals surface area contributed by atoms with E-state index in [0.29, 0.717) is 0 Å². The highest BCUT2D eigenvalue weighted by Crippen LogP contribution is 2.50. The molecule has 1 aliphatic carbocycles. The van der Waals surface area contributed by atoms with Crippen LogP contribution < -0.4 is 0 Å². The van der Waals surface area contributed by atoms with Crippen molar-refractivity contribution in [3.05, 3.63) is 48.0 Å². The molecule has 24 heavy (non-hydrogen) atoms. The summed E-state index contributed by atoms with van der Waals surface area (Å²) in [7, 11) is 0. The predicted octanol–water partition coefficient (Wildman–Crippen LogP) is 3.66. The third-order valence-corrected chi connectivity index (χ3v) is 4.80. The number of carbonyl (C=O) groups is 2. The zero-order valence-electron chi connectivity index (χ0n) is 14.1. The molecule has 4 heteroatoms. The molecule has 0 bridgehead atoms. The van der Waals surface area contributed by atoms with Crippen molar-refractivity contribution >= 4 is 22.6 Å². The molecule has 0 radical (unpaired) electrons. The molecule has 4 nitrogen and oxygen atoms in total. The minimum atomic E-state index is -0.866. The van der Waals surface area contributed by atoms with Gasteiger partial charge in [0.2, 0.25) is 5.91 Å². The van der Waals surface area contributed by atoms with E-state index in [-0.39, 0.29) is 36.8 Å². The van der Waals surface area contributed by atoms with Crippen molar-refractivity contribution in [1.82, 2.24) is 4.90 Å². The van der Waals surface area contributed by atoms with Gasteiger partial charge in [0, 0.05) is 18.5 Å². The number of fused-ring (bicyclic) bond motifs is 1.